The average Bonchev–Trinajstić information content (AvgIpc) is 3.29. The molecule has 0 bridgehead atoms. The summed E-state index contributed by atoms with van der Waals surface area (Å²) in [5.41, 5.74) is 4.35. The van der Waals surface area contributed by atoms with Gasteiger partial charge in [-0.05, 0) is 118 Å². The molecule has 2 heteroatoms. The second kappa shape index (κ2) is 37.5. The van der Waals surface area contributed by atoms with E-state index in [1.54, 1.807) is 0 Å². The smallest absolute Gasteiger partial charge is 0.134 e. The largest absolute Gasteiger partial charge is 0.492 e. The maximum Gasteiger partial charge on any atom is 0.134 e. The van der Waals surface area contributed by atoms with E-state index < -0.39 is 0 Å². The Morgan fingerprint density at radius 1 is 0.333 bits per heavy atom. The van der Waals surface area contributed by atoms with Crippen molar-refractivity contribution in [2.75, 3.05) is 13.2 Å². The first-order chi connectivity index (χ1) is 32.1. The summed E-state index contributed by atoms with van der Waals surface area (Å²) in [7, 11) is 0. The molecular formula is C64H90O2. The minimum Gasteiger partial charge on any atom is -0.492 e. The maximum absolute atomic E-state index is 6.15. The maximum atomic E-state index is 6.15. The zero-order valence-corrected chi connectivity index (χ0v) is 43.1. The van der Waals surface area contributed by atoms with Crippen LogP contribution in [-0.2, 0) is 10.8 Å². The highest BCUT2D eigenvalue weighted by Gasteiger charge is 2.17. The van der Waals surface area contributed by atoms with Crippen LogP contribution in [0.4, 0.5) is 0 Å². The van der Waals surface area contributed by atoms with E-state index in [1.165, 1.54) is 191 Å². The summed E-state index contributed by atoms with van der Waals surface area (Å²) in [6, 6.07) is 12.7. The molecule has 0 aromatic heterocycles. The highest BCUT2D eigenvalue weighted by molar-refractivity contribution is 5.53. The Morgan fingerprint density at radius 2 is 0.576 bits per heavy atom. The van der Waals surface area contributed by atoms with E-state index in [9.17, 15) is 0 Å². The van der Waals surface area contributed by atoms with Crippen LogP contribution in [-0.4, -0.2) is 13.2 Å². The van der Waals surface area contributed by atoms with E-state index in [1.807, 2.05) is 0 Å². The van der Waals surface area contributed by atoms with Crippen LogP contribution in [0.3, 0.4) is 0 Å². The van der Waals surface area contributed by atoms with Crippen molar-refractivity contribution in [1.29, 1.82) is 0 Å². The van der Waals surface area contributed by atoms with Gasteiger partial charge in [0.1, 0.15) is 11.5 Å². The average molecular weight is 891 g/mol. The number of terminal acetylenes is 2. The van der Waals surface area contributed by atoms with E-state index in [0.717, 1.165) is 48.7 Å². The normalized spacial score (nSPS) is 10.8. The van der Waals surface area contributed by atoms with Crippen LogP contribution in [0.5, 0.6) is 11.5 Å². The molecule has 0 aliphatic carbocycles. The molecule has 2 rings (SSSR count). The van der Waals surface area contributed by atoms with Crippen molar-refractivity contribution in [2.45, 2.75) is 245 Å². The van der Waals surface area contributed by atoms with Crippen LogP contribution < -0.4 is 9.47 Å². The number of benzene rings is 2. The molecule has 0 saturated heterocycles. The Hall–Kier alpha value is -4.60. The van der Waals surface area contributed by atoms with Gasteiger partial charge < -0.3 is 9.47 Å². The Kier molecular flexibility index (Phi) is 32.7. The molecule has 0 amide bonds. The van der Waals surface area contributed by atoms with Gasteiger partial charge in [-0.2, -0.15) is 0 Å². The predicted molar refractivity (Wildman–Crippen MR) is 287 cm³/mol. The summed E-state index contributed by atoms with van der Waals surface area (Å²) < 4.78 is 12.3. The summed E-state index contributed by atoms with van der Waals surface area (Å²) in [5.74, 6) is 28.9. The van der Waals surface area contributed by atoms with Gasteiger partial charge in [-0.3, -0.25) is 0 Å². The Bertz CT molecular complexity index is 1790. The second-order valence-corrected chi connectivity index (χ2v) is 20.5. The SMILES string of the molecule is C#CC#CC#Cc1cc(C(C)(C)C)ccc1OCCCCCCCCCCCCCCCCCCCCCCCCCCCCCCCCOc1ccc(C(C)(C)C)cc1C#CC#CC#C. The van der Waals surface area contributed by atoms with Gasteiger partial charge in [-0.25, -0.2) is 0 Å². The fraction of sp³-hybridized carbons (Fsp3) is 0.625. The summed E-state index contributed by atoms with van der Waals surface area (Å²) >= 11 is 0. The van der Waals surface area contributed by atoms with Crippen LogP contribution in [0.1, 0.15) is 256 Å². The van der Waals surface area contributed by atoms with Crippen LogP contribution in [0.15, 0.2) is 36.4 Å². The Balaban J connectivity index is 1.29. The van der Waals surface area contributed by atoms with Gasteiger partial charge in [0.2, 0.25) is 0 Å². The van der Waals surface area contributed by atoms with Crippen LogP contribution in [0, 0.1) is 72.1 Å². The lowest BCUT2D eigenvalue weighted by atomic mass is 9.86. The second-order valence-electron chi connectivity index (χ2n) is 20.5. The Labute approximate surface area is 408 Å². The summed E-state index contributed by atoms with van der Waals surface area (Å²) in [4.78, 5) is 0. The van der Waals surface area contributed by atoms with Gasteiger partial charge in [-0.1, -0.05) is 233 Å². The molecule has 0 aliphatic heterocycles. The van der Waals surface area contributed by atoms with Crippen LogP contribution >= 0.6 is 0 Å². The molecule has 0 unspecified atom stereocenters. The van der Waals surface area contributed by atoms with Crippen molar-refractivity contribution in [3.63, 3.8) is 0 Å². The molecule has 2 aromatic carbocycles. The lowest BCUT2D eigenvalue weighted by Crippen LogP contribution is -2.11. The van der Waals surface area contributed by atoms with Gasteiger partial charge in [-0.15, -0.1) is 12.8 Å². The molecule has 0 radical (unpaired) electrons. The van der Waals surface area contributed by atoms with Crippen molar-refractivity contribution in [1.82, 2.24) is 0 Å². The van der Waals surface area contributed by atoms with Crippen LogP contribution in [0.25, 0.3) is 0 Å². The minimum absolute atomic E-state index is 0.0509. The van der Waals surface area contributed by atoms with Crippen molar-refractivity contribution in [2.24, 2.45) is 0 Å². The zero-order chi connectivity index (χ0) is 47.8. The molecule has 0 fully saturated rings. The van der Waals surface area contributed by atoms with Gasteiger partial charge in [0.25, 0.3) is 0 Å². The number of ether oxygens (including phenoxy) is 2. The fourth-order valence-electron chi connectivity index (χ4n) is 8.29. The summed E-state index contributed by atoms with van der Waals surface area (Å²) in [5, 5.41) is 0. The van der Waals surface area contributed by atoms with E-state index in [2.05, 4.69) is 137 Å². The molecule has 0 spiro atoms. The third-order valence-electron chi connectivity index (χ3n) is 12.5. The van der Waals surface area contributed by atoms with E-state index in [4.69, 9.17) is 22.3 Å². The molecule has 0 saturated carbocycles. The third kappa shape index (κ3) is 29.8. The molecule has 2 aromatic rings. The first-order valence-electron chi connectivity index (χ1n) is 26.5. The first-order valence-corrected chi connectivity index (χ1v) is 26.5. The van der Waals surface area contributed by atoms with Crippen molar-refractivity contribution in [3.8, 4) is 83.6 Å². The molecule has 66 heavy (non-hydrogen) atoms. The third-order valence-corrected chi connectivity index (χ3v) is 12.5. The number of hydrogen-bond acceptors (Lipinski definition) is 2. The van der Waals surface area contributed by atoms with Gasteiger partial charge in [0.15, 0.2) is 0 Å². The van der Waals surface area contributed by atoms with E-state index in [-0.39, 0.29) is 10.8 Å². The van der Waals surface area contributed by atoms with Gasteiger partial charge in [0, 0.05) is 0 Å². The molecule has 0 aliphatic rings. The highest BCUT2D eigenvalue weighted by atomic mass is 16.5. The van der Waals surface area contributed by atoms with Gasteiger partial charge in [0.05, 0.1) is 24.3 Å². The standard InChI is InChI=1S/C64H90O2/c1-9-11-13-43-47-57-55-59(63(3,4)5)49-51-61(57)65-53-45-41-39-37-35-33-31-29-27-25-23-21-19-17-15-16-18-20-22-24-26-28-30-32-34-36-38-40-42-46-54-66-62-52-50-60(64(6,7)8)56-58(62)48-44-14-12-10-2/h1-2,49-52,55-56H,15-42,45-46,53-54H2,3-8H3. The molecule has 0 atom stereocenters. The van der Waals surface area contributed by atoms with Gasteiger partial charge >= 0.3 is 0 Å². The lowest BCUT2D eigenvalue weighted by Gasteiger charge is -2.20. The summed E-state index contributed by atoms with van der Waals surface area (Å²) in [6.07, 6.45) is 51.6. The molecule has 2 nitrogen and oxygen atoms in total. The number of unbranched alkanes of at least 4 members (excludes halogenated alkanes) is 29. The topological polar surface area (TPSA) is 18.5 Å². The summed E-state index contributed by atoms with van der Waals surface area (Å²) in [6.45, 7) is 14.7. The number of rotatable bonds is 35. The van der Waals surface area contributed by atoms with E-state index in [0.29, 0.717) is 0 Å². The lowest BCUT2D eigenvalue weighted by molar-refractivity contribution is 0.303. The van der Waals surface area contributed by atoms with E-state index >= 15 is 0 Å². The molecule has 358 valence electrons. The van der Waals surface area contributed by atoms with Crippen molar-refractivity contribution < 1.29 is 9.47 Å². The highest BCUT2D eigenvalue weighted by Crippen LogP contribution is 2.29. The zero-order valence-electron chi connectivity index (χ0n) is 43.1. The first kappa shape index (κ1) is 57.5. The van der Waals surface area contributed by atoms with Crippen LogP contribution in [0.2, 0.25) is 0 Å². The molecule has 0 N–H and O–H groups in total. The minimum atomic E-state index is 0.0509. The fourth-order valence-corrected chi connectivity index (χ4v) is 8.29. The monoisotopic (exact) mass is 891 g/mol. The van der Waals surface area contributed by atoms with Crippen molar-refractivity contribution in [3.05, 3.63) is 58.7 Å². The number of hydrogen-bond donors (Lipinski definition) is 0. The van der Waals surface area contributed by atoms with Crippen molar-refractivity contribution >= 4 is 0 Å². The quantitative estimate of drug-likeness (QED) is 0.0507. The molecule has 0 heterocycles. The predicted octanol–water partition coefficient (Wildman–Crippen LogP) is 17.4. The Morgan fingerprint density at radius 3 is 0.803 bits per heavy atom. The molecular weight excluding hydrogens is 801 g/mol.